The van der Waals surface area contributed by atoms with Crippen molar-refractivity contribution in [2.45, 2.75) is 19.8 Å². The van der Waals surface area contributed by atoms with Crippen molar-refractivity contribution in [1.29, 1.82) is 0 Å². The Morgan fingerprint density at radius 2 is 1.95 bits per heavy atom. The van der Waals surface area contributed by atoms with Crippen LogP contribution in [0.5, 0.6) is 0 Å². The van der Waals surface area contributed by atoms with Gasteiger partial charge in [-0.15, -0.1) is 0 Å². The van der Waals surface area contributed by atoms with Crippen molar-refractivity contribution in [3.63, 3.8) is 0 Å². The van der Waals surface area contributed by atoms with E-state index in [0.717, 1.165) is 45.2 Å². The summed E-state index contributed by atoms with van der Waals surface area (Å²) in [5, 5.41) is 0. The van der Waals surface area contributed by atoms with Crippen LogP contribution in [-0.2, 0) is 9.53 Å². The maximum Gasteiger partial charge on any atom is 0.236 e. The fraction of sp³-hybridized carbons (Fsp3) is 0.938. The van der Waals surface area contributed by atoms with Gasteiger partial charge in [0.2, 0.25) is 5.91 Å². The highest BCUT2D eigenvalue weighted by atomic mass is 16.5. The number of carbonyl (C=O) groups is 1. The Kier molecular flexibility index (Phi) is 6.45. The van der Waals surface area contributed by atoms with Crippen molar-refractivity contribution in [1.82, 2.24) is 14.7 Å². The molecule has 122 valence electrons. The highest BCUT2D eigenvalue weighted by Gasteiger charge is 2.25. The molecule has 0 N–H and O–H groups in total. The summed E-state index contributed by atoms with van der Waals surface area (Å²) in [6.07, 6.45) is 2.44. The Labute approximate surface area is 129 Å². The van der Waals surface area contributed by atoms with E-state index in [4.69, 9.17) is 4.74 Å². The van der Waals surface area contributed by atoms with E-state index in [0.29, 0.717) is 19.1 Å². The molecular formula is C16H31N3O2. The third-order valence-corrected chi connectivity index (χ3v) is 4.55. The van der Waals surface area contributed by atoms with Gasteiger partial charge in [0.15, 0.2) is 0 Å². The number of carbonyl (C=O) groups excluding carboxylic acids is 1. The fourth-order valence-electron chi connectivity index (χ4n) is 3.25. The number of piperidine rings is 1. The van der Waals surface area contributed by atoms with Gasteiger partial charge in [0.25, 0.3) is 0 Å². The lowest BCUT2D eigenvalue weighted by Gasteiger charge is -2.32. The molecule has 2 rings (SSSR count). The second-order valence-electron chi connectivity index (χ2n) is 7.00. The zero-order valence-corrected chi connectivity index (χ0v) is 13.9. The summed E-state index contributed by atoms with van der Waals surface area (Å²) in [5.41, 5.74) is 0. The highest BCUT2D eigenvalue weighted by molar-refractivity contribution is 5.78. The summed E-state index contributed by atoms with van der Waals surface area (Å²) in [4.78, 5) is 19.0. The largest absolute Gasteiger partial charge is 0.379 e. The summed E-state index contributed by atoms with van der Waals surface area (Å²) < 4.78 is 5.66. The summed E-state index contributed by atoms with van der Waals surface area (Å²) in [5.74, 6) is 1.51. The Morgan fingerprint density at radius 3 is 2.62 bits per heavy atom. The van der Waals surface area contributed by atoms with Crippen molar-refractivity contribution < 1.29 is 9.53 Å². The molecule has 2 fully saturated rings. The van der Waals surface area contributed by atoms with E-state index >= 15 is 0 Å². The number of nitrogens with zero attached hydrogens (tertiary/aromatic N) is 3. The maximum absolute atomic E-state index is 12.5. The number of ether oxygens (including phenoxy) is 1. The molecule has 2 saturated heterocycles. The van der Waals surface area contributed by atoms with Crippen LogP contribution in [-0.4, -0.2) is 87.2 Å². The molecule has 5 nitrogen and oxygen atoms in total. The Balaban J connectivity index is 1.82. The molecule has 0 radical (unpaired) electrons. The summed E-state index contributed by atoms with van der Waals surface area (Å²) in [6, 6.07) is 0. The van der Waals surface area contributed by atoms with Crippen LogP contribution in [0.15, 0.2) is 0 Å². The molecule has 1 atom stereocenters. The standard InChI is InChI=1S/C16H31N3O2/c1-14-4-6-18(7-5-14)12-16(20)19-8-9-21-13-15(11-19)10-17(2)3/h14-15H,4-13H2,1-3H3/t15-/m0/s1. The van der Waals surface area contributed by atoms with E-state index in [1.54, 1.807) is 0 Å². The summed E-state index contributed by atoms with van der Waals surface area (Å²) in [7, 11) is 4.15. The molecule has 0 spiro atoms. The molecule has 0 aromatic carbocycles. The predicted molar refractivity (Wildman–Crippen MR) is 84.3 cm³/mol. The molecule has 0 unspecified atom stereocenters. The van der Waals surface area contributed by atoms with Gasteiger partial charge in [0.05, 0.1) is 19.8 Å². The minimum Gasteiger partial charge on any atom is -0.379 e. The van der Waals surface area contributed by atoms with Crippen LogP contribution in [0.2, 0.25) is 0 Å². The van der Waals surface area contributed by atoms with Crippen molar-refractivity contribution in [2.75, 3.05) is 66.6 Å². The molecule has 5 heteroatoms. The second-order valence-corrected chi connectivity index (χ2v) is 7.00. The monoisotopic (exact) mass is 297 g/mol. The minimum absolute atomic E-state index is 0.277. The van der Waals surface area contributed by atoms with Crippen LogP contribution in [0.1, 0.15) is 19.8 Å². The summed E-state index contributed by atoms with van der Waals surface area (Å²) >= 11 is 0. The van der Waals surface area contributed by atoms with E-state index < -0.39 is 0 Å². The quantitative estimate of drug-likeness (QED) is 0.767. The van der Waals surface area contributed by atoms with Gasteiger partial charge in [-0.2, -0.15) is 0 Å². The van der Waals surface area contributed by atoms with Gasteiger partial charge in [-0.05, 0) is 45.9 Å². The molecule has 2 aliphatic rings. The Hall–Kier alpha value is -0.650. The lowest BCUT2D eigenvalue weighted by Crippen LogP contribution is -2.45. The normalized spacial score (nSPS) is 26.1. The molecule has 21 heavy (non-hydrogen) atoms. The predicted octanol–water partition coefficient (Wildman–Crippen LogP) is 0.755. The number of rotatable bonds is 4. The third-order valence-electron chi connectivity index (χ3n) is 4.55. The molecular weight excluding hydrogens is 266 g/mol. The molecule has 2 aliphatic heterocycles. The van der Waals surface area contributed by atoms with Gasteiger partial charge < -0.3 is 14.5 Å². The molecule has 2 heterocycles. The van der Waals surface area contributed by atoms with E-state index in [-0.39, 0.29) is 5.91 Å². The zero-order valence-electron chi connectivity index (χ0n) is 13.9. The van der Waals surface area contributed by atoms with Gasteiger partial charge in [-0.3, -0.25) is 9.69 Å². The first kappa shape index (κ1) is 16.7. The van der Waals surface area contributed by atoms with Gasteiger partial charge >= 0.3 is 0 Å². The first-order valence-corrected chi connectivity index (χ1v) is 8.27. The molecule has 0 aromatic heterocycles. The van der Waals surface area contributed by atoms with E-state index in [1.807, 2.05) is 4.90 Å². The molecule has 0 aromatic rings. The first-order valence-electron chi connectivity index (χ1n) is 8.27. The van der Waals surface area contributed by atoms with E-state index in [1.165, 1.54) is 12.8 Å². The topological polar surface area (TPSA) is 36.0 Å². The van der Waals surface area contributed by atoms with Gasteiger partial charge in [-0.25, -0.2) is 0 Å². The van der Waals surface area contributed by atoms with Crippen molar-refractivity contribution >= 4 is 5.91 Å². The SMILES string of the molecule is CC1CCN(CC(=O)N2CCOC[C@@H](CN(C)C)C2)CC1. The number of amides is 1. The lowest BCUT2D eigenvalue weighted by molar-refractivity contribution is -0.133. The van der Waals surface area contributed by atoms with E-state index in [9.17, 15) is 4.79 Å². The molecule has 0 aliphatic carbocycles. The number of likely N-dealkylation sites (tertiary alicyclic amines) is 1. The van der Waals surface area contributed by atoms with Crippen LogP contribution in [0.4, 0.5) is 0 Å². The average Bonchev–Trinajstić information content (AvgIpc) is 2.66. The number of hydrogen-bond donors (Lipinski definition) is 0. The number of hydrogen-bond acceptors (Lipinski definition) is 4. The van der Waals surface area contributed by atoms with Crippen LogP contribution in [0.3, 0.4) is 0 Å². The van der Waals surface area contributed by atoms with Crippen LogP contribution in [0, 0.1) is 11.8 Å². The van der Waals surface area contributed by atoms with Gasteiger partial charge in [-0.1, -0.05) is 6.92 Å². The van der Waals surface area contributed by atoms with Crippen LogP contribution in [0.25, 0.3) is 0 Å². The molecule has 0 bridgehead atoms. The van der Waals surface area contributed by atoms with Crippen LogP contribution >= 0.6 is 0 Å². The Morgan fingerprint density at radius 1 is 1.24 bits per heavy atom. The van der Waals surface area contributed by atoms with E-state index in [2.05, 4.69) is 30.8 Å². The Bertz CT molecular complexity index is 327. The van der Waals surface area contributed by atoms with Crippen molar-refractivity contribution in [2.24, 2.45) is 11.8 Å². The third kappa shape index (κ3) is 5.57. The fourth-order valence-corrected chi connectivity index (χ4v) is 3.25. The van der Waals surface area contributed by atoms with Crippen LogP contribution < -0.4 is 0 Å². The van der Waals surface area contributed by atoms with Crippen molar-refractivity contribution in [3.8, 4) is 0 Å². The lowest BCUT2D eigenvalue weighted by atomic mass is 9.99. The second kappa shape index (κ2) is 8.11. The molecule has 0 saturated carbocycles. The van der Waals surface area contributed by atoms with Gasteiger partial charge in [0.1, 0.15) is 0 Å². The van der Waals surface area contributed by atoms with Crippen molar-refractivity contribution in [3.05, 3.63) is 0 Å². The van der Waals surface area contributed by atoms with Gasteiger partial charge in [0, 0.05) is 25.6 Å². The molecule has 1 amide bonds. The maximum atomic E-state index is 12.5. The smallest absolute Gasteiger partial charge is 0.236 e. The zero-order chi connectivity index (χ0) is 15.2. The minimum atomic E-state index is 0.277. The first-order chi connectivity index (χ1) is 10.0. The average molecular weight is 297 g/mol. The highest BCUT2D eigenvalue weighted by Crippen LogP contribution is 2.16. The summed E-state index contributed by atoms with van der Waals surface area (Å²) in [6.45, 7) is 9.02.